The third-order valence-corrected chi connectivity index (χ3v) is 6.26. The van der Waals surface area contributed by atoms with Gasteiger partial charge in [-0.3, -0.25) is 4.79 Å². The molecule has 1 fully saturated rings. The molecule has 0 unspecified atom stereocenters. The van der Waals surface area contributed by atoms with E-state index in [4.69, 9.17) is 11.2 Å². The maximum absolute atomic E-state index is 12.9. The lowest BCUT2D eigenvalue weighted by Crippen LogP contribution is -2.49. The number of rotatable bonds is 7. The molecule has 1 aliphatic rings. The van der Waals surface area contributed by atoms with Crippen LogP contribution in [0.2, 0.25) is 0 Å². The Morgan fingerprint density at radius 2 is 1.94 bits per heavy atom. The van der Waals surface area contributed by atoms with Crippen molar-refractivity contribution in [3.63, 3.8) is 0 Å². The zero-order chi connectivity index (χ0) is 23.9. The lowest BCUT2D eigenvalue weighted by Gasteiger charge is -2.24. The number of likely N-dealkylation sites (tertiary alicyclic amines) is 1. The SMILES string of the molecule is C#Cc1ccc2cccc(CNC(=O)N3CCC[C@H]3C(=O)NCCc3ccc(OC)cc3)c2c1. The molecule has 3 aromatic rings. The number of carbonyl (C=O) groups excluding carboxylic acids is 2. The molecule has 0 spiro atoms. The maximum Gasteiger partial charge on any atom is 0.318 e. The molecule has 4 rings (SSSR count). The zero-order valence-corrected chi connectivity index (χ0v) is 19.3. The first-order valence-corrected chi connectivity index (χ1v) is 11.5. The van der Waals surface area contributed by atoms with Crippen LogP contribution in [0.5, 0.6) is 5.75 Å². The summed E-state index contributed by atoms with van der Waals surface area (Å²) in [5, 5.41) is 8.07. The Balaban J connectivity index is 1.32. The third-order valence-electron chi connectivity index (χ3n) is 6.26. The average Bonchev–Trinajstić information content (AvgIpc) is 3.37. The number of nitrogens with zero attached hydrogens (tertiary/aromatic N) is 1. The van der Waals surface area contributed by atoms with Gasteiger partial charge in [-0.05, 0) is 65.4 Å². The first-order valence-electron chi connectivity index (χ1n) is 11.5. The van der Waals surface area contributed by atoms with Crippen LogP contribution in [-0.4, -0.2) is 43.1 Å². The molecule has 0 saturated carbocycles. The second-order valence-electron chi connectivity index (χ2n) is 8.40. The summed E-state index contributed by atoms with van der Waals surface area (Å²) in [7, 11) is 1.63. The van der Waals surface area contributed by atoms with Crippen LogP contribution in [-0.2, 0) is 17.8 Å². The first kappa shape index (κ1) is 23.2. The summed E-state index contributed by atoms with van der Waals surface area (Å²) in [6, 6.07) is 18.9. The predicted molar refractivity (Wildman–Crippen MR) is 134 cm³/mol. The molecule has 0 aromatic heterocycles. The first-order chi connectivity index (χ1) is 16.6. The minimum Gasteiger partial charge on any atom is -0.497 e. The number of methoxy groups -OCH3 is 1. The van der Waals surface area contributed by atoms with Gasteiger partial charge in [-0.1, -0.05) is 42.3 Å². The number of amides is 3. The topological polar surface area (TPSA) is 70.7 Å². The van der Waals surface area contributed by atoms with Gasteiger partial charge in [-0.15, -0.1) is 6.42 Å². The predicted octanol–water partition coefficient (Wildman–Crippen LogP) is 3.86. The molecule has 6 nitrogen and oxygen atoms in total. The number of benzene rings is 3. The lowest BCUT2D eigenvalue weighted by atomic mass is 10.0. The number of urea groups is 1. The van der Waals surface area contributed by atoms with Crippen molar-refractivity contribution in [1.82, 2.24) is 15.5 Å². The van der Waals surface area contributed by atoms with Crippen LogP contribution in [0.25, 0.3) is 10.8 Å². The zero-order valence-electron chi connectivity index (χ0n) is 19.3. The average molecular weight is 456 g/mol. The molecule has 3 aromatic carbocycles. The molecule has 0 aliphatic carbocycles. The monoisotopic (exact) mass is 455 g/mol. The van der Waals surface area contributed by atoms with Crippen LogP contribution in [0.15, 0.2) is 60.7 Å². The minimum absolute atomic E-state index is 0.106. The Bertz CT molecular complexity index is 1210. The van der Waals surface area contributed by atoms with Crippen molar-refractivity contribution in [2.75, 3.05) is 20.2 Å². The molecule has 174 valence electrons. The Kier molecular flexibility index (Phi) is 7.34. The highest BCUT2D eigenvalue weighted by Crippen LogP contribution is 2.21. The normalized spacial score (nSPS) is 15.1. The van der Waals surface area contributed by atoms with Crippen LogP contribution in [0.3, 0.4) is 0 Å². The van der Waals surface area contributed by atoms with Gasteiger partial charge in [0.1, 0.15) is 11.8 Å². The Morgan fingerprint density at radius 1 is 1.12 bits per heavy atom. The Morgan fingerprint density at radius 3 is 2.71 bits per heavy atom. The molecule has 0 bridgehead atoms. The number of carbonyl (C=O) groups is 2. The van der Waals surface area contributed by atoms with Gasteiger partial charge in [0.25, 0.3) is 0 Å². The second kappa shape index (κ2) is 10.8. The lowest BCUT2D eigenvalue weighted by molar-refractivity contribution is -0.124. The van der Waals surface area contributed by atoms with Crippen molar-refractivity contribution in [3.8, 4) is 18.1 Å². The molecule has 1 saturated heterocycles. The molecule has 6 heteroatoms. The van der Waals surface area contributed by atoms with E-state index in [0.717, 1.165) is 46.1 Å². The minimum atomic E-state index is -0.448. The van der Waals surface area contributed by atoms with Gasteiger partial charge in [-0.2, -0.15) is 0 Å². The number of fused-ring (bicyclic) bond motifs is 1. The van der Waals surface area contributed by atoms with E-state index in [1.165, 1.54) is 0 Å². The van der Waals surface area contributed by atoms with Crippen LogP contribution in [0.4, 0.5) is 4.79 Å². The number of nitrogens with one attached hydrogen (secondary N) is 2. The van der Waals surface area contributed by atoms with Gasteiger partial charge in [0.05, 0.1) is 7.11 Å². The van der Waals surface area contributed by atoms with Crippen LogP contribution >= 0.6 is 0 Å². The quantitative estimate of drug-likeness (QED) is 0.532. The summed E-state index contributed by atoms with van der Waals surface area (Å²) in [6.45, 7) is 1.45. The summed E-state index contributed by atoms with van der Waals surface area (Å²) in [4.78, 5) is 27.4. The van der Waals surface area contributed by atoms with E-state index in [-0.39, 0.29) is 11.9 Å². The van der Waals surface area contributed by atoms with Gasteiger partial charge in [-0.25, -0.2) is 4.79 Å². The van der Waals surface area contributed by atoms with Crippen molar-refractivity contribution in [2.45, 2.75) is 31.8 Å². The van der Waals surface area contributed by atoms with Gasteiger partial charge < -0.3 is 20.3 Å². The molecule has 1 aliphatic heterocycles. The summed E-state index contributed by atoms with van der Waals surface area (Å²) in [6.07, 6.45) is 7.74. The largest absolute Gasteiger partial charge is 0.497 e. The van der Waals surface area contributed by atoms with E-state index in [1.807, 2.05) is 60.7 Å². The maximum atomic E-state index is 12.9. The molecule has 2 N–H and O–H groups in total. The summed E-state index contributed by atoms with van der Waals surface area (Å²) < 4.78 is 5.17. The molecule has 1 atom stereocenters. The van der Waals surface area contributed by atoms with Crippen molar-refractivity contribution in [3.05, 3.63) is 77.4 Å². The highest BCUT2D eigenvalue weighted by molar-refractivity contribution is 5.89. The fourth-order valence-electron chi connectivity index (χ4n) is 4.38. The van der Waals surface area contributed by atoms with E-state index in [2.05, 4.69) is 16.6 Å². The van der Waals surface area contributed by atoms with E-state index in [9.17, 15) is 9.59 Å². The van der Waals surface area contributed by atoms with Crippen molar-refractivity contribution >= 4 is 22.7 Å². The summed E-state index contributed by atoms with van der Waals surface area (Å²) in [5.74, 6) is 3.36. The van der Waals surface area contributed by atoms with Crippen LogP contribution in [0, 0.1) is 12.3 Å². The molecular formula is C28H29N3O3. The van der Waals surface area contributed by atoms with E-state index in [0.29, 0.717) is 26.1 Å². The number of hydrogen-bond acceptors (Lipinski definition) is 3. The Labute approximate surface area is 200 Å². The highest BCUT2D eigenvalue weighted by Gasteiger charge is 2.33. The van der Waals surface area contributed by atoms with Gasteiger partial charge in [0, 0.05) is 25.2 Å². The highest BCUT2D eigenvalue weighted by atomic mass is 16.5. The summed E-state index contributed by atoms with van der Waals surface area (Å²) in [5.41, 5.74) is 2.91. The van der Waals surface area contributed by atoms with Crippen molar-refractivity contribution in [1.29, 1.82) is 0 Å². The third kappa shape index (κ3) is 5.32. The molecule has 1 heterocycles. The van der Waals surface area contributed by atoms with Crippen molar-refractivity contribution < 1.29 is 14.3 Å². The molecule has 3 amide bonds. The molecule has 0 radical (unpaired) electrons. The Hall–Kier alpha value is -3.98. The van der Waals surface area contributed by atoms with Crippen molar-refractivity contribution in [2.24, 2.45) is 0 Å². The van der Waals surface area contributed by atoms with Gasteiger partial charge in [0.2, 0.25) is 5.91 Å². The van der Waals surface area contributed by atoms with E-state index >= 15 is 0 Å². The second-order valence-corrected chi connectivity index (χ2v) is 8.40. The van der Waals surface area contributed by atoms with Crippen LogP contribution in [0.1, 0.15) is 29.5 Å². The number of ether oxygens (including phenoxy) is 1. The molecular weight excluding hydrogens is 426 g/mol. The van der Waals surface area contributed by atoms with E-state index in [1.54, 1.807) is 12.0 Å². The standard InChI is InChI=1S/C28H29N3O3/c1-3-20-9-12-22-6-4-7-23(25(22)18-20)19-30-28(33)31-17-5-8-26(31)27(32)29-16-15-21-10-13-24(34-2)14-11-21/h1,4,6-7,9-14,18,26H,5,8,15-17,19H2,2H3,(H,29,32)(H,30,33)/t26-/m0/s1. The smallest absolute Gasteiger partial charge is 0.318 e. The van der Waals surface area contributed by atoms with Crippen LogP contribution < -0.4 is 15.4 Å². The van der Waals surface area contributed by atoms with E-state index < -0.39 is 6.04 Å². The number of terminal acetylenes is 1. The number of hydrogen-bond donors (Lipinski definition) is 2. The molecule has 34 heavy (non-hydrogen) atoms. The fourth-order valence-corrected chi connectivity index (χ4v) is 4.38. The van der Waals surface area contributed by atoms with Gasteiger partial charge >= 0.3 is 6.03 Å². The summed E-state index contributed by atoms with van der Waals surface area (Å²) >= 11 is 0. The van der Waals surface area contributed by atoms with Gasteiger partial charge in [0.15, 0.2) is 0 Å². The fraction of sp³-hybridized carbons (Fsp3) is 0.286.